The lowest BCUT2D eigenvalue weighted by molar-refractivity contribution is -0.154. The van der Waals surface area contributed by atoms with Crippen LogP contribution in [-0.4, -0.2) is 45.7 Å². The first-order valence-electron chi connectivity index (χ1n) is 6.15. The van der Waals surface area contributed by atoms with Crippen LogP contribution >= 0.6 is 0 Å². The molecule has 0 N–H and O–H groups in total. The Morgan fingerprint density at radius 2 is 2.33 bits per heavy atom. The van der Waals surface area contributed by atoms with Crippen molar-refractivity contribution in [2.24, 2.45) is 0 Å². The van der Waals surface area contributed by atoms with Crippen molar-refractivity contribution >= 4 is 11.8 Å². The zero-order chi connectivity index (χ0) is 12.7. The lowest BCUT2D eigenvalue weighted by atomic mass is 10.1. The van der Waals surface area contributed by atoms with Gasteiger partial charge in [-0.3, -0.25) is 9.59 Å². The van der Waals surface area contributed by atoms with Crippen LogP contribution in [-0.2, 0) is 16.1 Å². The molecule has 0 saturated carbocycles. The lowest BCUT2D eigenvalue weighted by Gasteiger charge is -2.35. The Labute approximate surface area is 105 Å². The van der Waals surface area contributed by atoms with Gasteiger partial charge in [0, 0.05) is 6.54 Å². The highest BCUT2D eigenvalue weighted by atomic mass is 16.4. The van der Waals surface area contributed by atoms with Gasteiger partial charge in [0.1, 0.15) is 18.3 Å². The number of nitrogens with zero attached hydrogens (tertiary/aromatic N) is 3. The Bertz CT molecular complexity index is 497. The molecule has 0 bridgehead atoms. The van der Waals surface area contributed by atoms with E-state index in [1.54, 1.807) is 22.9 Å². The van der Waals surface area contributed by atoms with Crippen LogP contribution in [0, 0.1) is 6.92 Å². The quantitative estimate of drug-likeness (QED) is 0.757. The Morgan fingerprint density at radius 1 is 1.50 bits per heavy atom. The summed E-state index contributed by atoms with van der Waals surface area (Å²) in [5, 5.41) is 0. The number of carbonyl (C=O) groups is 2. The normalized spacial score (nSPS) is 23.7. The number of hydrogen-bond donors (Lipinski definition) is 0. The first-order chi connectivity index (χ1) is 8.65. The predicted molar refractivity (Wildman–Crippen MR) is 61.4 cm³/mol. The summed E-state index contributed by atoms with van der Waals surface area (Å²) >= 11 is 0. The van der Waals surface area contributed by atoms with Crippen LogP contribution < -0.4 is 0 Å². The summed E-state index contributed by atoms with van der Waals surface area (Å²) in [6, 6.07) is -0.262. The van der Waals surface area contributed by atoms with Crippen LogP contribution in [0.2, 0.25) is 0 Å². The second kappa shape index (κ2) is 4.12. The summed E-state index contributed by atoms with van der Waals surface area (Å²) in [7, 11) is 0. The van der Waals surface area contributed by atoms with E-state index in [1.807, 2.05) is 0 Å². The van der Waals surface area contributed by atoms with Crippen LogP contribution in [0.15, 0.2) is 10.6 Å². The number of aromatic nitrogens is 1. The van der Waals surface area contributed by atoms with Gasteiger partial charge in [-0.05, 0) is 19.8 Å². The van der Waals surface area contributed by atoms with Crippen LogP contribution in [0.1, 0.15) is 24.5 Å². The van der Waals surface area contributed by atoms with E-state index in [0.29, 0.717) is 18.2 Å². The SMILES string of the molecule is Cc1cnc(CN2CC(=O)N3CCCC3C2=O)o1. The molecular formula is C12H15N3O3. The zero-order valence-corrected chi connectivity index (χ0v) is 10.3. The molecule has 2 aliphatic heterocycles. The number of piperazine rings is 1. The number of aryl methyl sites for hydroxylation is 1. The van der Waals surface area contributed by atoms with E-state index in [-0.39, 0.29) is 30.9 Å². The van der Waals surface area contributed by atoms with Crippen molar-refractivity contribution in [3.05, 3.63) is 17.8 Å². The van der Waals surface area contributed by atoms with E-state index < -0.39 is 0 Å². The molecule has 6 heteroatoms. The van der Waals surface area contributed by atoms with Crippen LogP contribution in [0.5, 0.6) is 0 Å². The summed E-state index contributed by atoms with van der Waals surface area (Å²) in [4.78, 5) is 31.4. The van der Waals surface area contributed by atoms with Crippen molar-refractivity contribution in [1.82, 2.24) is 14.8 Å². The van der Waals surface area contributed by atoms with Gasteiger partial charge in [-0.2, -0.15) is 0 Å². The number of carbonyl (C=O) groups excluding carboxylic acids is 2. The average molecular weight is 249 g/mol. The summed E-state index contributed by atoms with van der Waals surface area (Å²) in [5.74, 6) is 1.24. The minimum Gasteiger partial charge on any atom is -0.444 e. The molecule has 0 radical (unpaired) electrons. The molecule has 2 saturated heterocycles. The maximum absolute atomic E-state index is 12.2. The van der Waals surface area contributed by atoms with E-state index in [0.717, 1.165) is 12.8 Å². The van der Waals surface area contributed by atoms with E-state index in [4.69, 9.17) is 4.42 Å². The van der Waals surface area contributed by atoms with E-state index >= 15 is 0 Å². The van der Waals surface area contributed by atoms with Gasteiger partial charge < -0.3 is 14.2 Å². The maximum Gasteiger partial charge on any atom is 0.246 e. The lowest BCUT2D eigenvalue weighted by Crippen LogP contribution is -2.56. The molecule has 2 aliphatic rings. The van der Waals surface area contributed by atoms with Gasteiger partial charge in [-0.25, -0.2) is 4.98 Å². The van der Waals surface area contributed by atoms with Crippen molar-refractivity contribution in [1.29, 1.82) is 0 Å². The van der Waals surface area contributed by atoms with Gasteiger partial charge in [0.15, 0.2) is 0 Å². The fourth-order valence-electron chi connectivity index (χ4n) is 2.64. The Kier molecular flexibility index (Phi) is 2.57. The molecule has 3 rings (SSSR count). The Morgan fingerprint density at radius 3 is 3.06 bits per heavy atom. The first-order valence-corrected chi connectivity index (χ1v) is 6.15. The van der Waals surface area contributed by atoms with Crippen LogP contribution in [0.4, 0.5) is 0 Å². The number of hydrogen-bond acceptors (Lipinski definition) is 4. The van der Waals surface area contributed by atoms with Gasteiger partial charge in [0.25, 0.3) is 0 Å². The Balaban J connectivity index is 1.76. The van der Waals surface area contributed by atoms with Gasteiger partial charge >= 0.3 is 0 Å². The van der Waals surface area contributed by atoms with Crippen LogP contribution in [0.25, 0.3) is 0 Å². The van der Waals surface area contributed by atoms with Crippen molar-refractivity contribution in [3.8, 4) is 0 Å². The molecule has 2 fully saturated rings. The monoisotopic (exact) mass is 249 g/mol. The molecule has 2 amide bonds. The number of oxazole rings is 1. The van der Waals surface area contributed by atoms with Gasteiger partial charge in [-0.1, -0.05) is 0 Å². The van der Waals surface area contributed by atoms with E-state index in [9.17, 15) is 9.59 Å². The molecule has 1 atom stereocenters. The third kappa shape index (κ3) is 1.77. The molecule has 3 heterocycles. The average Bonchev–Trinajstić information content (AvgIpc) is 2.95. The maximum atomic E-state index is 12.2. The van der Waals surface area contributed by atoms with E-state index in [1.165, 1.54) is 0 Å². The van der Waals surface area contributed by atoms with E-state index in [2.05, 4.69) is 4.98 Å². The molecule has 0 aromatic carbocycles. The largest absolute Gasteiger partial charge is 0.444 e. The molecular weight excluding hydrogens is 234 g/mol. The van der Waals surface area contributed by atoms with Gasteiger partial charge in [-0.15, -0.1) is 0 Å². The number of rotatable bonds is 2. The topological polar surface area (TPSA) is 66.7 Å². The molecule has 6 nitrogen and oxygen atoms in total. The second-order valence-electron chi connectivity index (χ2n) is 4.80. The summed E-state index contributed by atoms with van der Waals surface area (Å²) in [6.45, 7) is 2.93. The van der Waals surface area contributed by atoms with Crippen molar-refractivity contribution in [3.63, 3.8) is 0 Å². The summed E-state index contributed by atoms with van der Waals surface area (Å²) < 4.78 is 5.35. The summed E-state index contributed by atoms with van der Waals surface area (Å²) in [6.07, 6.45) is 3.30. The second-order valence-corrected chi connectivity index (χ2v) is 4.80. The fraction of sp³-hybridized carbons (Fsp3) is 0.583. The number of amides is 2. The minimum absolute atomic E-state index is 0.0166. The van der Waals surface area contributed by atoms with Crippen LogP contribution in [0.3, 0.4) is 0 Å². The zero-order valence-electron chi connectivity index (χ0n) is 10.3. The Hall–Kier alpha value is -1.85. The number of fused-ring (bicyclic) bond motifs is 1. The molecule has 0 spiro atoms. The van der Waals surface area contributed by atoms with Crippen molar-refractivity contribution < 1.29 is 14.0 Å². The van der Waals surface area contributed by atoms with Crippen molar-refractivity contribution in [2.45, 2.75) is 32.4 Å². The predicted octanol–water partition coefficient (Wildman–Crippen LogP) is 0.316. The molecule has 18 heavy (non-hydrogen) atoms. The highest BCUT2D eigenvalue weighted by Crippen LogP contribution is 2.24. The third-order valence-electron chi connectivity index (χ3n) is 3.49. The molecule has 1 aromatic rings. The standard InChI is InChI=1S/C12H15N3O3/c1-8-5-13-10(18-8)6-14-7-11(16)15-4-2-3-9(15)12(14)17/h5,9H,2-4,6-7H2,1H3. The molecule has 0 aliphatic carbocycles. The summed E-state index contributed by atoms with van der Waals surface area (Å²) in [5.41, 5.74) is 0. The minimum atomic E-state index is -0.262. The van der Waals surface area contributed by atoms with Crippen molar-refractivity contribution in [2.75, 3.05) is 13.1 Å². The first kappa shape index (κ1) is 11.3. The molecule has 1 unspecified atom stereocenters. The van der Waals surface area contributed by atoms with Gasteiger partial charge in [0.05, 0.1) is 12.7 Å². The highest BCUT2D eigenvalue weighted by Gasteiger charge is 2.42. The molecule has 96 valence electrons. The smallest absolute Gasteiger partial charge is 0.246 e. The fourth-order valence-corrected chi connectivity index (χ4v) is 2.64. The third-order valence-corrected chi connectivity index (χ3v) is 3.49. The highest BCUT2D eigenvalue weighted by molar-refractivity contribution is 5.95. The van der Waals surface area contributed by atoms with Gasteiger partial charge in [0.2, 0.25) is 17.7 Å². The molecule has 1 aromatic heterocycles.